The number of fused-ring (bicyclic) bond motifs is 1. The molecular formula is C23H23ClN2O3. The summed E-state index contributed by atoms with van der Waals surface area (Å²) in [4.78, 5) is 11.4. The van der Waals surface area contributed by atoms with Gasteiger partial charge in [-0.2, -0.15) is 5.10 Å². The van der Waals surface area contributed by atoms with Gasteiger partial charge in [-0.25, -0.2) is 4.68 Å². The number of halogens is 1. The molecule has 0 saturated carbocycles. The van der Waals surface area contributed by atoms with Crippen LogP contribution in [0.15, 0.2) is 48.5 Å². The van der Waals surface area contributed by atoms with Crippen LogP contribution in [0.4, 0.5) is 0 Å². The lowest BCUT2D eigenvalue weighted by molar-refractivity contribution is -0.141. The molecular weight excluding hydrogens is 388 g/mol. The largest absolute Gasteiger partial charge is 0.487 e. The number of nitrogens with zero attached hydrogens (tertiary/aromatic N) is 2. The topological polar surface area (TPSA) is 64.3 Å². The Bertz CT molecular complexity index is 1040. The number of benzene rings is 2. The smallest absolute Gasteiger partial charge is 0.306 e. The fourth-order valence-corrected chi connectivity index (χ4v) is 4.15. The third-order valence-electron chi connectivity index (χ3n) is 5.59. The summed E-state index contributed by atoms with van der Waals surface area (Å²) in [5, 5.41) is 14.6. The van der Waals surface area contributed by atoms with Gasteiger partial charge in [-0.1, -0.05) is 24.6 Å². The molecule has 1 aromatic heterocycles. The predicted molar refractivity (Wildman–Crippen MR) is 112 cm³/mol. The Balaban J connectivity index is 1.51. The Kier molecular flexibility index (Phi) is 5.33. The lowest BCUT2D eigenvalue weighted by Crippen LogP contribution is -2.17. The summed E-state index contributed by atoms with van der Waals surface area (Å²) in [6.45, 7) is 4.12. The van der Waals surface area contributed by atoms with Crippen molar-refractivity contribution in [1.82, 2.24) is 9.78 Å². The number of carbonyl (C=O) groups is 1. The van der Waals surface area contributed by atoms with Crippen molar-refractivity contribution in [1.29, 1.82) is 0 Å². The molecule has 0 amide bonds. The number of rotatable bonds is 6. The molecule has 3 aromatic rings. The number of carboxylic acids is 1. The summed E-state index contributed by atoms with van der Waals surface area (Å²) in [5.74, 6) is -0.256. The van der Waals surface area contributed by atoms with Crippen molar-refractivity contribution >= 4 is 17.6 Å². The molecule has 0 radical (unpaired) electrons. The van der Waals surface area contributed by atoms with Gasteiger partial charge in [0.15, 0.2) is 0 Å². The summed E-state index contributed by atoms with van der Waals surface area (Å²) in [5.41, 5.74) is 5.11. The van der Waals surface area contributed by atoms with E-state index in [9.17, 15) is 9.90 Å². The molecule has 29 heavy (non-hydrogen) atoms. The second kappa shape index (κ2) is 7.91. The lowest BCUT2D eigenvalue weighted by atomic mass is 9.89. The molecule has 0 bridgehead atoms. The van der Waals surface area contributed by atoms with Crippen LogP contribution in [0.2, 0.25) is 5.02 Å². The van der Waals surface area contributed by atoms with Gasteiger partial charge in [0.25, 0.3) is 0 Å². The summed E-state index contributed by atoms with van der Waals surface area (Å²) >= 11 is 5.99. The minimum Gasteiger partial charge on any atom is -0.487 e. The van der Waals surface area contributed by atoms with E-state index >= 15 is 0 Å². The highest BCUT2D eigenvalue weighted by Crippen LogP contribution is 2.40. The Morgan fingerprint density at radius 1 is 1.28 bits per heavy atom. The molecule has 2 atom stereocenters. The minimum atomic E-state index is -0.742. The Labute approximate surface area is 174 Å². The zero-order valence-corrected chi connectivity index (χ0v) is 17.2. The van der Waals surface area contributed by atoms with Crippen LogP contribution in [-0.2, 0) is 17.8 Å². The molecule has 2 aromatic carbocycles. The first-order valence-corrected chi connectivity index (χ1v) is 10.1. The number of hydrogen-bond donors (Lipinski definition) is 1. The highest BCUT2D eigenvalue weighted by molar-refractivity contribution is 6.30. The quantitative estimate of drug-likeness (QED) is 0.609. The van der Waals surface area contributed by atoms with Crippen LogP contribution < -0.4 is 4.74 Å². The summed E-state index contributed by atoms with van der Waals surface area (Å²) in [7, 11) is 0. The summed E-state index contributed by atoms with van der Waals surface area (Å²) in [6.07, 6.45) is 1.76. The Morgan fingerprint density at radius 2 is 2.03 bits per heavy atom. The molecule has 0 aliphatic heterocycles. The van der Waals surface area contributed by atoms with Crippen LogP contribution in [0, 0.1) is 12.8 Å². The van der Waals surface area contributed by atoms with Crippen molar-refractivity contribution < 1.29 is 14.6 Å². The van der Waals surface area contributed by atoms with Crippen molar-refractivity contribution in [2.24, 2.45) is 5.92 Å². The van der Waals surface area contributed by atoms with Crippen LogP contribution in [0.5, 0.6) is 5.75 Å². The van der Waals surface area contributed by atoms with Crippen molar-refractivity contribution in [3.8, 4) is 11.4 Å². The van der Waals surface area contributed by atoms with E-state index in [1.807, 2.05) is 60.1 Å². The number of ether oxygens (including phenoxy) is 1. The maximum atomic E-state index is 11.4. The van der Waals surface area contributed by atoms with Gasteiger partial charge in [-0.15, -0.1) is 0 Å². The van der Waals surface area contributed by atoms with E-state index in [1.54, 1.807) is 6.92 Å². The second-order valence-electron chi connectivity index (χ2n) is 7.59. The van der Waals surface area contributed by atoms with E-state index in [0.717, 1.165) is 41.2 Å². The molecule has 0 fully saturated rings. The molecule has 1 aliphatic rings. The van der Waals surface area contributed by atoms with Gasteiger partial charge in [0.05, 0.1) is 23.0 Å². The maximum absolute atomic E-state index is 11.4. The predicted octanol–water partition coefficient (Wildman–Crippen LogP) is 5.16. The van der Waals surface area contributed by atoms with Crippen LogP contribution in [0.3, 0.4) is 0 Å². The van der Waals surface area contributed by atoms with E-state index in [2.05, 4.69) is 5.10 Å². The number of aromatic nitrogens is 2. The molecule has 2 unspecified atom stereocenters. The molecule has 150 valence electrons. The van der Waals surface area contributed by atoms with Crippen LogP contribution in [-0.4, -0.2) is 20.9 Å². The molecule has 1 aliphatic carbocycles. The van der Waals surface area contributed by atoms with Gasteiger partial charge in [-0.3, -0.25) is 4.79 Å². The fraction of sp³-hybridized carbons (Fsp3) is 0.304. The van der Waals surface area contributed by atoms with Gasteiger partial charge in [-0.05, 0) is 79.3 Å². The van der Waals surface area contributed by atoms with E-state index < -0.39 is 5.97 Å². The molecule has 1 heterocycles. The Hall–Kier alpha value is -2.79. The normalized spacial score (nSPS) is 16.4. The van der Waals surface area contributed by atoms with E-state index in [4.69, 9.17) is 16.3 Å². The molecule has 1 N–H and O–H groups in total. The second-order valence-corrected chi connectivity index (χ2v) is 8.02. The van der Waals surface area contributed by atoms with E-state index in [-0.39, 0.29) is 11.8 Å². The molecule has 5 nitrogen and oxygen atoms in total. The van der Waals surface area contributed by atoms with Gasteiger partial charge in [0, 0.05) is 5.02 Å². The third-order valence-corrected chi connectivity index (χ3v) is 5.85. The SMILES string of the molecule is Cc1cc(COc2ccc3c(c2)CCC3C(C)C(=O)O)n(-c2ccc(Cl)cc2)n1. The van der Waals surface area contributed by atoms with Crippen molar-refractivity contribution in [2.45, 2.75) is 39.2 Å². The zero-order valence-electron chi connectivity index (χ0n) is 16.4. The highest BCUT2D eigenvalue weighted by Gasteiger charge is 2.31. The monoisotopic (exact) mass is 410 g/mol. The number of carboxylic acid groups (broad SMARTS) is 1. The summed E-state index contributed by atoms with van der Waals surface area (Å²) in [6, 6.07) is 15.5. The highest BCUT2D eigenvalue weighted by atomic mass is 35.5. The van der Waals surface area contributed by atoms with Gasteiger partial charge >= 0.3 is 5.97 Å². The number of aryl methyl sites for hydroxylation is 2. The van der Waals surface area contributed by atoms with Gasteiger partial charge in [0.1, 0.15) is 12.4 Å². The lowest BCUT2D eigenvalue weighted by Gasteiger charge is -2.16. The van der Waals surface area contributed by atoms with Crippen LogP contribution in [0.25, 0.3) is 5.69 Å². The van der Waals surface area contributed by atoms with Crippen molar-refractivity contribution in [2.75, 3.05) is 0 Å². The fourth-order valence-electron chi connectivity index (χ4n) is 4.03. The molecule has 6 heteroatoms. The van der Waals surface area contributed by atoms with Gasteiger partial charge < -0.3 is 9.84 Å². The third kappa shape index (κ3) is 4.01. The first-order valence-electron chi connectivity index (χ1n) is 9.72. The maximum Gasteiger partial charge on any atom is 0.306 e. The van der Waals surface area contributed by atoms with Crippen LogP contribution >= 0.6 is 11.6 Å². The minimum absolute atomic E-state index is 0.0746. The first kappa shape index (κ1) is 19.5. The Morgan fingerprint density at radius 3 is 2.76 bits per heavy atom. The van der Waals surface area contributed by atoms with Crippen molar-refractivity contribution in [3.63, 3.8) is 0 Å². The zero-order chi connectivity index (χ0) is 20.5. The van der Waals surface area contributed by atoms with Crippen LogP contribution in [0.1, 0.15) is 41.8 Å². The number of aliphatic carboxylic acids is 1. The van der Waals surface area contributed by atoms with E-state index in [0.29, 0.717) is 11.6 Å². The summed E-state index contributed by atoms with van der Waals surface area (Å²) < 4.78 is 7.92. The molecule has 0 saturated heterocycles. The van der Waals surface area contributed by atoms with E-state index in [1.165, 1.54) is 5.56 Å². The first-order chi connectivity index (χ1) is 13.9. The average molecular weight is 411 g/mol. The standard InChI is InChI=1S/C23H23ClN2O3/c1-14-11-19(26(25-14)18-6-4-17(24)5-7-18)13-29-20-8-10-22-16(12-20)3-9-21(22)15(2)23(27)28/h4-8,10-12,15,21H,3,9,13H2,1-2H3,(H,27,28). The molecule has 4 rings (SSSR count). The average Bonchev–Trinajstić information content (AvgIpc) is 3.29. The van der Waals surface area contributed by atoms with Crippen molar-refractivity contribution in [3.05, 3.63) is 76.1 Å². The molecule has 0 spiro atoms. The number of hydrogen-bond acceptors (Lipinski definition) is 3. The van der Waals surface area contributed by atoms with Gasteiger partial charge in [0.2, 0.25) is 0 Å².